The lowest BCUT2D eigenvalue weighted by atomic mass is 9.77. The Bertz CT molecular complexity index is 647. The summed E-state index contributed by atoms with van der Waals surface area (Å²) in [5, 5.41) is 0. The van der Waals surface area contributed by atoms with Gasteiger partial charge in [-0.25, -0.2) is 0 Å². The number of rotatable bonds is 5. The van der Waals surface area contributed by atoms with Crippen LogP contribution in [-0.4, -0.2) is 25.5 Å². The van der Waals surface area contributed by atoms with Crippen LogP contribution in [0.3, 0.4) is 0 Å². The number of benzene rings is 2. The molecule has 0 N–H and O–H groups in total. The Morgan fingerprint density at radius 2 is 1.79 bits per heavy atom. The van der Waals surface area contributed by atoms with Crippen LogP contribution in [0.25, 0.3) is 0 Å². The lowest BCUT2D eigenvalue weighted by Crippen LogP contribution is -2.16. The Kier molecular flexibility index (Phi) is 6.13. The zero-order chi connectivity index (χ0) is 16.9. The molecule has 0 radical (unpaired) electrons. The van der Waals surface area contributed by atoms with E-state index in [4.69, 9.17) is 0 Å². The SMILES string of the molecule is CN(C)CCC[C@@H]1c2ccccc2CCC[C@@H]1c1ccc(Br)cc1. The number of hydrogen-bond acceptors (Lipinski definition) is 1. The minimum Gasteiger partial charge on any atom is -0.309 e. The Hall–Kier alpha value is -1.12. The second-order valence-corrected chi connectivity index (χ2v) is 8.22. The highest BCUT2D eigenvalue weighted by Crippen LogP contribution is 2.43. The van der Waals surface area contributed by atoms with Crippen LogP contribution in [0.2, 0.25) is 0 Å². The summed E-state index contributed by atoms with van der Waals surface area (Å²) in [4.78, 5) is 2.30. The Morgan fingerprint density at radius 3 is 2.54 bits per heavy atom. The summed E-state index contributed by atoms with van der Waals surface area (Å²) in [6.07, 6.45) is 6.35. The molecule has 1 nitrogen and oxygen atoms in total. The maximum atomic E-state index is 3.58. The zero-order valence-electron chi connectivity index (χ0n) is 14.8. The van der Waals surface area contributed by atoms with Crippen molar-refractivity contribution in [2.75, 3.05) is 20.6 Å². The predicted molar refractivity (Wildman–Crippen MR) is 107 cm³/mol. The number of aryl methyl sites for hydroxylation is 1. The van der Waals surface area contributed by atoms with E-state index < -0.39 is 0 Å². The molecule has 0 unspecified atom stereocenters. The molecule has 0 saturated carbocycles. The van der Waals surface area contributed by atoms with Crippen molar-refractivity contribution in [1.82, 2.24) is 4.90 Å². The summed E-state index contributed by atoms with van der Waals surface area (Å²) in [6, 6.07) is 18.2. The summed E-state index contributed by atoms with van der Waals surface area (Å²) >= 11 is 3.58. The molecule has 0 spiro atoms. The van der Waals surface area contributed by atoms with E-state index in [-0.39, 0.29) is 0 Å². The second kappa shape index (κ2) is 8.31. The quantitative estimate of drug-likeness (QED) is 0.570. The lowest BCUT2D eigenvalue weighted by molar-refractivity contribution is 0.371. The molecule has 0 saturated heterocycles. The molecule has 0 fully saturated rings. The van der Waals surface area contributed by atoms with Gasteiger partial charge >= 0.3 is 0 Å². The molecule has 0 aliphatic heterocycles. The summed E-state index contributed by atoms with van der Waals surface area (Å²) in [7, 11) is 4.35. The predicted octanol–water partition coefficient (Wildman–Crippen LogP) is 5.99. The van der Waals surface area contributed by atoms with Gasteiger partial charge < -0.3 is 4.90 Å². The normalized spacial score (nSPS) is 20.7. The molecule has 1 aliphatic rings. The van der Waals surface area contributed by atoms with Crippen LogP contribution in [0, 0.1) is 0 Å². The molecule has 2 aromatic rings. The van der Waals surface area contributed by atoms with Gasteiger partial charge in [-0.05, 0) is 93.4 Å². The largest absolute Gasteiger partial charge is 0.309 e. The first-order valence-electron chi connectivity index (χ1n) is 9.13. The Morgan fingerprint density at radius 1 is 1.04 bits per heavy atom. The molecule has 0 heterocycles. The van der Waals surface area contributed by atoms with Gasteiger partial charge in [0.25, 0.3) is 0 Å². The first-order valence-corrected chi connectivity index (χ1v) is 9.92. The molecule has 0 bridgehead atoms. The van der Waals surface area contributed by atoms with E-state index in [0.717, 1.165) is 0 Å². The van der Waals surface area contributed by atoms with Crippen molar-refractivity contribution in [3.8, 4) is 0 Å². The second-order valence-electron chi connectivity index (χ2n) is 7.30. The molecule has 128 valence electrons. The summed E-state index contributed by atoms with van der Waals surface area (Å²) in [6.45, 7) is 1.17. The number of hydrogen-bond donors (Lipinski definition) is 0. The summed E-state index contributed by atoms with van der Waals surface area (Å²) in [5.41, 5.74) is 4.68. The molecule has 2 heteroatoms. The van der Waals surface area contributed by atoms with Crippen LogP contribution in [-0.2, 0) is 6.42 Å². The topological polar surface area (TPSA) is 3.24 Å². The first kappa shape index (κ1) is 17.7. The molecule has 2 aromatic carbocycles. The van der Waals surface area contributed by atoms with Crippen molar-refractivity contribution in [3.05, 3.63) is 69.7 Å². The van der Waals surface area contributed by atoms with E-state index in [1.54, 1.807) is 11.1 Å². The van der Waals surface area contributed by atoms with Crippen molar-refractivity contribution in [2.45, 2.75) is 43.9 Å². The van der Waals surface area contributed by atoms with E-state index in [1.807, 2.05) is 0 Å². The third-order valence-corrected chi connectivity index (χ3v) is 5.85. The van der Waals surface area contributed by atoms with Gasteiger partial charge in [-0.1, -0.05) is 52.3 Å². The van der Waals surface area contributed by atoms with Crippen molar-refractivity contribution >= 4 is 15.9 Å². The standard InChI is InChI=1S/C22H28BrN/c1-24(2)16-6-11-22-20-9-4-3-7-17(20)8-5-10-21(22)18-12-14-19(23)15-13-18/h3-4,7,9,12-15,21-22H,5-6,8,10-11,16H2,1-2H3/t21-,22-/m1/s1. The van der Waals surface area contributed by atoms with Crippen LogP contribution < -0.4 is 0 Å². The van der Waals surface area contributed by atoms with Gasteiger partial charge in [-0.15, -0.1) is 0 Å². The van der Waals surface area contributed by atoms with Crippen molar-refractivity contribution in [2.24, 2.45) is 0 Å². The van der Waals surface area contributed by atoms with E-state index in [1.165, 1.54) is 48.7 Å². The van der Waals surface area contributed by atoms with Gasteiger partial charge in [0.1, 0.15) is 0 Å². The average molecular weight is 386 g/mol. The maximum absolute atomic E-state index is 3.58. The molecule has 24 heavy (non-hydrogen) atoms. The maximum Gasteiger partial charge on any atom is 0.0175 e. The van der Waals surface area contributed by atoms with Crippen molar-refractivity contribution in [3.63, 3.8) is 0 Å². The van der Waals surface area contributed by atoms with Gasteiger partial charge in [0.05, 0.1) is 0 Å². The fourth-order valence-corrected chi connectivity index (χ4v) is 4.41. The van der Waals surface area contributed by atoms with Crippen LogP contribution in [0.15, 0.2) is 53.0 Å². The number of fused-ring (bicyclic) bond motifs is 1. The molecular weight excluding hydrogens is 358 g/mol. The summed E-state index contributed by atoms with van der Waals surface area (Å²) in [5.74, 6) is 1.29. The van der Waals surface area contributed by atoms with Gasteiger partial charge in [0.2, 0.25) is 0 Å². The molecular formula is C22H28BrN. The highest BCUT2D eigenvalue weighted by atomic mass is 79.9. The molecule has 3 rings (SSSR count). The van der Waals surface area contributed by atoms with Gasteiger partial charge in [-0.3, -0.25) is 0 Å². The Balaban J connectivity index is 1.91. The van der Waals surface area contributed by atoms with E-state index in [0.29, 0.717) is 11.8 Å². The average Bonchev–Trinajstić information content (AvgIpc) is 2.75. The highest BCUT2D eigenvalue weighted by molar-refractivity contribution is 9.10. The smallest absolute Gasteiger partial charge is 0.0175 e. The van der Waals surface area contributed by atoms with E-state index in [9.17, 15) is 0 Å². The minimum atomic E-state index is 0.643. The van der Waals surface area contributed by atoms with Crippen molar-refractivity contribution in [1.29, 1.82) is 0 Å². The third kappa shape index (κ3) is 4.29. The van der Waals surface area contributed by atoms with Gasteiger partial charge in [-0.2, -0.15) is 0 Å². The van der Waals surface area contributed by atoms with Crippen LogP contribution in [0.4, 0.5) is 0 Å². The summed E-state index contributed by atoms with van der Waals surface area (Å²) < 4.78 is 1.17. The van der Waals surface area contributed by atoms with E-state index >= 15 is 0 Å². The molecule has 1 aliphatic carbocycles. The first-order chi connectivity index (χ1) is 11.6. The van der Waals surface area contributed by atoms with Crippen LogP contribution >= 0.6 is 15.9 Å². The van der Waals surface area contributed by atoms with Crippen LogP contribution in [0.5, 0.6) is 0 Å². The fraction of sp³-hybridized carbons (Fsp3) is 0.455. The van der Waals surface area contributed by atoms with Gasteiger partial charge in [0, 0.05) is 4.47 Å². The monoisotopic (exact) mass is 385 g/mol. The fourth-order valence-electron chi connectivity index (χ4n) is 4.15. The molecule has 2 atom stereocenters. The van der Waals surface area contributed by atoms with Gasteiger partial charge in [0.15, 0.2) is 0 Å². The highest BCUT2D eigenvalue weighted by Gasteiger charge is 2.28. The van der Waals surface area contributed by atoms with Crippen molar-refractivity contribution < 1.29 is 0 Å². The molecule has 0 amide bonds. The number of halogens is 1. The third-order valence-electron chi connectivity index (χ3n) is 5.32. The Labute approximate surface area is 155 Å². The number of nitrogens with zero attached hydrogens (tertiary/aromatic N) is 1. The van der Waals surface area contributed by atoms with Crippen LogP contribution in [0.1, 0.15) is 54.2 Å². The lowest BCUT2D eigenvalue weighted by Gasteiger charge is -2.28. The molecule has 0 aromatic heterocycles. The van der Waals surface area contributed by atoms with E-state index in [2.05, 4.69) is 83.5 Å². The minimum absolute atomic E-state index is 0.643. The zero-order valence-corrected chi connectivity index (χ0v) is 16.4.